The summed E-state index contributed by atoms with van der Waals surface area (Å²) >= 11 is 0. The van der Waals surface area contributed by atoms with Crippen LogP contribution < -0.4 is 5.32 Å². The molecule has 0 heterocycles. The molecule has 1 heteroatoms. The van der Waals surface area contributed by atoms with Crippen LogP contribution in [0.3, 0.4) is 0 Å². The summed E-state index contributed by atoms with van der Waals surface area (Å²) < 4.78 is 0. The number of rotatable bonds is 7. The average Bonchev–Trinajstić information content (AvgIpc) is 2.01. The molecule has 0 aliphatic rings. The van der Waals surface area contributed by atoms with Gasteiger partial charge in [-0.15, -0.1) is 0 Å². The van der Waals surface area contributed by atoms with Crippen molar-refractivity contribution in [2.75, 3.05) is 6.54 Å². The third kappa shape index (κ3) is 7.86. The molecule has 1 atom stereocenters. The highest BCUT2D eigenvalue weighted by atomic mass is 14.9. The zero-order valence-electron chi connectivity index (χ0n) is 8.32. The van der Waals surface area contributed by atoms with Gasteiger partial charge in [-0.25, -0.2) is 0 Å². The van der Waals surface area contributed by atoms with E-state index in [4.69, 9.17) is 0 Å². The van der Waals surface area contributed by atoms with E-state index in [0.717, 1.165) is 6.04 Å². The summed E-state index contributed by atoms with van der Waals surface area (Å²) in [5.41, 5.74) is 0. The first-order valence-corrected chi connectivity index (χ1v) is 5.04. The minimum atomic E-state index is 0.724. The number of hydrogen-bond donors (Lipinski definition) is 1. The Kier molecular flexibility index (Phi) is 8.03. The van der Waals surface area contributed by atoms with Gasteiger partial charge in [0.1, 0.15) is 0 Å². The second-order valence-corrected chi connectivity index (χ2v) is 3.35. The van der Waals surface area contributed by atoms with Crippen LogP contribution in [0.4, 0.5) is 0 Å². The first kappa shape index (κ1) is 11.0. The molecule has 0 aliphatic carbocycles. The van der Waals surface area contributed by atoms with Crippen LogP contribution in [0.2, 0.25) is 0 Å². The molecule has 0 aromatic carbocycles. The zero-order chi connectivity index (χ0) is 8.53. The molecule has 0 fully saturated rings. The predicted molar refractivity (Wildman–Crippen MR) is 51.9 cm³/mol. The van der Waals surface area contributed by atoms with E-state index in [-0.39, 0.29) is 0 Å². The Morgan fingerprint density at radius 2 is 1.82 bits per heavy atom. The number of unbranched alkanes of at least 4 members (excludes halogenated alkanes) is 2. The summed E-state index contributed by atoms with van der Waals surface area (Å²) in [6.45, 7) is 7.93. The lowest BCUT2D eigenvalue weighted by atomic mass is 10.1. The Hall–Kier alpha value is -0.0400. The van der Waals surface area contributed by atoms with Crippen LogP contribution in [0.5, 0.6) is 0 Å². The quantitative estimate of drug-likeness (QED) is 0.560. The predicted octanol–water partition coefficient (Wildman–Crippen LogP) is 2.95. The lowest BCUT2D eigenvalue weighted by Gasteiger charge is -2.11. The highest BCUT2D eigenvalue weighted by Gasteiger charge is 1.97. The van der Waals surface area contributed by atoms with Gasteiger partial charge in [0.05, 0.1) is 0 Å². The van der Waals surface area contributed by atoms with E-state index < -0.39 is 0 Å². The molecule has 1 N–H and O–H groups in total. The van der Waals surface area contributed by atoms with Gasteiger partial charge >= 0.3 is 0 Å². The summed E-state index contributed by atoms with van der Waals surface area (Å²) in [4.78, 5) is 0. The van der Waals surface area contributed by atoms with Gasteiger partial charge in [-0.3, -0.25) is 0 Å². The normalized spacial score (nSPS) is 13.4. The SMILES string of the molecule is CCCCC[C@@H](C)NCCC. The highest BCUT2D eigenvalue weighted by Crippen LogP contribution is 2.02. The molecule has 0 radical (unpaired) electrons. The average molecular weight is 157 g/mol. The number of nitrogens with one attached hydrogen (secondary N) is 1. The Bertz CT molecular complexity index is 71.3. The van der Waals surface area contributed by atoms with E-state index in [9.17, 15) is 0 Å². The maximum Gasteiger partial charge on any atom is 0.00387 e. The lowest BCUT2D eigenvalue weighted by molar-refractivity contribution is 0.488. The summed E-state index contributed by atoms with van der Waals surface area (Å²) in [5.74, 6) is 0. The van der Waals surface area contributed by atoms with E-state index in [2.05, 4.69) is 26.1 Å². The third-order valence-electron chi connectivity index (χ3n) is 1.98. The van der Waals surface area contributed by atoms with Gasteiger partial charge < -0.3 is 5.32 Å². The minimum absolute atomic E-state index is 0.724. The maximum absolute atomic E-state index is 3.49. The summed E-state index contributed by atoms with van der Waals surface area (Å²) in [6, 6.07) is 0.724. The van der Waals surface area contributed by atoms with Crippen LogP contribution >= 0.6 is 0 Å². The fourth-order valence-corrected chi connectivity index (χ4v) is 1.19. The van der Waals surface area contributed by atoms with Gasteiger partial charge in [0.2, 0.25) is 0 Å². The molecule has 0 spiro atoms. The Balaban J connectivity index is 3.02. The maximum atomic E-state index is 3.49. The molecule has 1 nitrogen and oxygen atoms in total. The molecule has 0 saturated carbocycles. The fourth-order valence-electron chi connectivity index (χ4n) is 1.19. The van der Waals surface area contributed by atoms with Crippen molar-refractivity contribution < 1.29 is 0 Å². The molecule has 11 heavy (non-hydrogen) atoms. The molecular formula is C10H23N. The molecule has 0 unspecified atom stereocenters. The van der Waals surface area contributed by atoms with Crippen molar-refractivity contribution in [1.29, 1.82) is 0 Å². The monoisotopic (exact) mass is 157 g/mol. The van der Waals surface area contributed by atoms with E-state index in [1.54, 1.807) is 0 Å². The molecule has 0 rings (SSSR count). The van der Waals surface area contributed by atoms with Crippen molar-refractivity contribution in [1.82, 2.24) is 5.32 Å². The molecule has 0 saturated heterocycles. The van der Waals surface area contributed by atoms with Gasteiger partial charge in [0.25, 0.3) is 0 Å². The molecule has 0 bridgehead atoms. The first-order chi connectivity index (χ1) is 5.31. The Labute approximate surface area is 71.6 Å². The molecule has 0 aromatic heterocycles. The van der Waals surface area contributed by atoms with E-state index >= 15 is 0 Å². The Morgan fingerprint density at radius 1 is 1.09 bits per heavy atom. The van der Waals surface area contributed by atoms with Crippen LogP contribution in [-0.4, -0.2) is 12.6 Å². The van der Waals surface area contributed by atoms with Crippen LogP contribution in [0.25, 0.3) is 0 Å². The van der Waals surface area contributed by atoms with Crippen molar-refractivity contribution >= 4 is 0 Å². The standard InChI is InChI=1S/C10H23N/c1-4-6-7-8-10(3)11-9-5-2/h10-11H,4-9H2,1-3H3/t10-/m1/s1. The van der Waals surface area contributed by atoms with E-state index in [1.807, 2.05) is 0 Å². The second-order valence-electron chi connectivity index (χ2n) is 3.35. The summed E-state index contributed by atoms with van der Waals surface area (Å²) in [5, 5.41) is 3.49. The van der Waals surface area contributed by atoms with Crippen LogP contribution in [0.1, 0.15) is 52.9 Å². The minimum Gasteiger partial charge on any atom is -0.314 e. The summed E-state index contributed by atoms with van der Waals surface area (Å²) in [6.07, 6.45) is 6.69. The van der Waals surface area contributed by atoms with Crippen LogP contribution in [0, 0.1) is 0 Å². The van der Waals surface area contributed by atoms with Crippen LogP contribution in [0.15, 0.2) is 0 Å². The molecule has 0 aliphatic heterocycles. The largest absolute Gasteiger partial charge is 0.314 e. The zero-order valence-corrected chi connectivity index (χ0v) is 8.32. The second kappa shape index (κ2) is 8.06. The van der Waals surface area contributed by atoms with Crippen molar-refractivity contribution in [3.63, 3.8) is 0 Å². The molecule has 68 valence electrons. The highest BCUT2D eigenvalue weighted by molar-refractivity contribution is 4.59. The van der Waals surface area contributed by atoms with Crippen molar-refractivity contribution in [2.24, 2.45) is 0 Å². The fraction of sp³-hybridized carbons (Fsp3) is 1.00. The first-order valence-electron chi connectivity index (χ1n) is 5.04. The van der Waals surface area contributed by atoms with Crippen molar-refractivity contribution in [2.45, 2.75) is 58.9 Å². The third-order valence-corrected chi connectivity index (χ3v) is 1.98. The van der Waals surface area contributed by atoms with Gasteiger partial charge in [0.15, 0.2) is 0 Å². The Morgan fingerprint density at radius 3 is 2.36 bits per heavy atom. The van der Waals surface area contributed by atoms with Gasteiger partial charge in [-0.1, -0.05) is 33.1 Å². The van der Waals surface area contributed by atoms with Gasteiger partial charge in [-0.05, 0) is 26.3 Å². The van der Waals surface area contributed by atoms with Crippen molar-refractivity contribution in [3.05, 3.63) is 0 Å². The van der Waals surface area contributed by atoms with Gasteiger partial charge in [0, 0.05) is 6.04 Å². The smallest absolute Gasteiger partial charge is 0.00387 e. The molecule has 0 aromatic rings. The van der Waals surface area contributed by atoms with Crippen molar-refractivity contribution in [3.8, 4) is 0 Å². The lowest BCUT2D eigenvalue weighted by Crippen LogP contribution is -2.26. The van der Waals surface area contributed by atoms with E-state index in [1.165, 1.54) is 38.6 Å². The van der Waals surface area contributed by atoms with E-state index in [0.29, 0.717) is 0 Å². The molecular weight excluding hydrogens is 134 g/mol. The molecule has 0 amide bonds. The van der Waals surface area contributed by atoms with Gasteiger partial charge in [-0.2, -0.15) is 0 Å². The number of hydrogen-bond acceptors (Lipinski definition) is 1. The topological polar surface area (TPSA) is 12.0 Å². The van der Waals surface area contributed by atoms with Crippen LogP contribution in [-0.2, 0) is 0 Å². The summed E-state index contributed by atoms with van der Waals surface area (Å²) in [7, 11) is 0.